The van der Waals surface area contributed by atoms with Gasteiger partial charge < -0.3 is 14.6 Å². The summed E-state index contributed by atoms with van der Waals surface area (Å²) in [4.78, 5) is 0. The van der Waals surface area contributed by atoms with Crippen LogP contribution in [0.5, 0.6) is 11.5 Å². The van der Waals surface area contributed by atoms with E-state index in [2.05, 4.69) is 41.5 Å². The summed E-state index contributed by atoms with van der Waals surface area (Å²) in [5, 5.41) is 10.7. The van der Waals surface area contributed by atoms with E-state index in [9.17, 15) is 5.11 Å². The Hall–Kier alpha value is -1.22. The zero-order valence-electron chi connectivity index (χ0n) is 23.7. The second-order valence-corrected chi connectivity index (χ2v) is 11.9. The van der Waals surface area contributed by atoms with Crippen LogP contribution in [0.2, 0.25) is 0 Å². The lowest BCUT2D eigenvalue weighted by atomic mass is 9.83. The van der Waals surface area contributed by atoms with E-state index in [1.807, 2.05) is 13.8 Å². The Balaban J connectivity index is 1.82. The number of fused-ring (bicyclic) bond motifs is 1. The number of phenols is 1. The number of aromatic hydroxyl groups is 1. The van der Waals surface area contributed by atoms with Crippen molar-refractivity contribution < 1.29 is 14.6 Å². The fourth-order valence-electron chi connectivity index (χ4n) is 5.51. The second-order valence-electron chi connectivity index (χ2n) is 11.9. The summed E-state index contributed by atoms with van der Waals surface area (Å²) < 4.78 is 12.4. The second kappa shape index (κ2) is 13.8. The zero-order chi connectivity index (χ0) is 25.3. The summed E-state index contributed by atoms with van der Waals surface area (Å²) in [6.07, 6.45) is 13.8. The standard InChI is InChI=1S/C31H54O3/c1-9-33-21-28-27-18-20-31(8,34-30(27)26(7)25(6)29(28)32)19-12-17-24(5)16-11-15-23(4)14-10-13-22(2)3/h22-24,32H,9-21H2,1-8H3. The highest BCUT2D eigenvalue weighted by Crippen LogP contribution is 2.45. The first kappa shape index (κ1) is 29.0. The molecule has 0 radical (unpaired) electrons. The van der Waals surface area contributed by atoms with Crippen molar-refractivity contribution in [2.24, 2.45) is 17.8 Å². The molecule has 3 atom stereocenters. The van der Waals surface area contributed by atoms with Crippen LogP contribution in [0.4, 0.5) is 0 Å². The highest BCUT2D eigenvalue weighted by atomic mass is 16.5. The molecule has 1 heterocycles. The van der Waals surface area contributed by atoms with Gasteiger partial charge in [-0.25, -0.2) is 0 Å². The van der Waals surface area contributed by atoms with Crippen molar-refractivity contribution in [2.45, 2.75) is 138 Å². The van der Waals surface area contributed by atoms with Crippen LogP contribution in [0, 0.1) is 31.6 Å². The van der Waals surface area contributed by atoms with Crippen molar-refractivity contribution >= 4 is 0 Å². The van der Waals surface area contributed by atoms with Gasteiger partial charge in [0.15, 0.2) is 0 Å². The van der Waals surface area contributed by atoms with Crippen LogP contribution in [-0.4, -0.2) is 17.3 Å². The van der Waals surface area contributed by atoms with Gasteiger partial charge in [-0.3, -0.25) is 0 Å². The summed E-state index contributed by atoms with van der Waals surface area (Å²) in [5.74, 6) is 3.89. The van der Waals surface area contributed by atoms with Gasteiger partial charge in [0.25, 0.3) is 0 Å². The highest BCUT2D eigenvalue weighted by molar-refractivity contribution is 5.58. The van der Waals surface area contributed by atoms with Crippen molar-refractivity contribution in [2.75, 3.05) is 6.61 Å². The molecule has 0 aliphatic carbocycles. The van der Waals surface area contributed by atoms with Crippen LogP contribution >= 0.6 is 0 Å². The number of hydrogen-bond donors (Lipinski definition) is 1. The lowest BCUT2D eigenvalue weighted by molar-refractivity contribution is 0.0498. The van der Waals surface area contributed by atoms with E-state index in [-0.39, 0.29) is 5.60 Å². The van der Waals surface area contributed by atoms with Crippen LogP contribution in [0.15, 0.2) is 0 Å². The van der Waals surface area contributed by atoms with Crippen LogP contribution in [0.3, 0.4) is 0 Å². The van der Waals surface area contributed by atoms with Gasteiger partial charge in [-0.2, -0.15) is 0 Å². The quantitative estimate of drug-likeness (QED) is 0.275. The molecule has 3 heteroatoms. The molecule has 3 unspecified atom stereocenters. The van der Waals surface area contributed by atoms with Gasteiger partial charge in [0.05, 0.1) is 6.61 Å². The molecule has 0 amide bonds. The van der Waals surface area contributed by atoms with Crippen LogP contribution < -0.4 is 4.74 Å². The Morgan fingerprint density at radius 2 is 1.50 bits per heavy atom. The molecule has 196 valence electrons. The molecule has 0 fully saturated rings. The lowest BCUT2D eigenvalue weighted by Gasteiger charge is -2.38. The minimum atomic E-state index is -0.116. The third-order valence-corrected chi connectivity index (χ3v) is 8.16. The molecule has 0 aromatic heterocycles. The Labute approximate surface area is 211 Å². The van der Waals surface area contributed by atoms with E-state index in [0.717, 1.165) is 65.0 Å². The zero-order valence-corrected chi connectivity index (χ0v) is 23.7. The van der Waals surface area contributed by atoms with Gasteiger partial charge in [-0.05, 0) is 82.3 Å². The van der Waals surface area contributed by atoms with Gasteiger partial charge in [-0.1, -0.05) is 72.6 Å². The molecule has 1 aromatic rings. The number of benzene rings is 1. The number of phenolic OH excluding ortho intramolecular Hbond substituents is 1. The average Bonchev–Trinajstić information content (AvgIpc) is 2.77. The first-order chi connectivity index (χ1) is 16.1. The van der Waals surface area contributed by atoms with E-state index < -0.39 is 0 Å². The topological polar surface area (TPSA) is 38.7 Å². The van der Waals surface area contributed by atoms with E-state index in [1.54, 1.807) is 0 Å². The number of ether oxygens (including phenoxy) is 2. The third kappa shape index (κ3) is 8.47. The Kier molecular flexibility index (Phi) is 11.7. The van der Waals surface area contributed by atoms with Gasteiger partial charge in [0.2, 0.25) is 0 Å². The summed E-state index contributed by atoms with van der Waals surface area (Å²) in [5.41, 5.74) is 3.96. The summed E-state index contributed by atoms with van der Waals surface area (Å²) in [6, 6.07) is 0. The van der Waals surface area contributed by atoms with E-state index in [4.69, 9.17) is 9.47 Å². The fraction of sp³-hybridized carbons (Fsp3) is 0.806. The van der Waals surface area contributed by atoms with E-state index >= 15 is 0 Å². The van der Waals surface area contributed by atoms with E-state index in [0.29, 0.717) is 19.0 Å². The highest BCUT2D eigenvalue weighted by Gasteiger charge is 2.35. The number of rotatable bonds is 15. The third-order valence-electron chi connectivity index (χ3n) is 8.16. The lowest BCUT2D eigenvalue weighted by Crippen LogP contribution is -2.37. The molecule has 0 saturated carbocycles. The van der Waals surface area contributed by atoms with Crippen molar-refractivity contribution in [3.05, 3.63) is 22.3 Å². The predicted octanol–water partition coefficient (Wildman–Crippen LogP) is 9.07. The Morgan fingerprint density at radius 3 is 2.09 bits per heavy atom. The van der Waals surface area contributed by atoms with Crippen LogP contribution in [-0.2, 0) is 17.8 Å². The van der Waals surface area contributed by atoms with Gasteiger partial charge >= 0.3 is 0 Å². The minimum absolute atomic E-state index is 0.116. The molecule has 0 bridgehead atoms. The molecular formula is C31H54O3. The van der Waals surface area contributed by atoms with Gasteiger partial charge in [0.1, 0.15) is 17.1 Å². The van der Waals surface area contributed by atoms with Gasteiger partial charge in [0, 0.05) is 17.7 Å². The molecule has 1 aliphatic heterocycles. The summed E-state index contributed by atoms with van der Waals surface area (Å²) in [7, 11) is 0. The smallest absolute Gasteiger partial charge is 0.127 e. The van der Waals surface area contributed by atoms with Crippen LogP contribution in [0.25, 0.3) is 0 Å². The minimum Gasteiger partial charge on any atom is -0.507 e. The Bertz CT molecular complexity index is 754. The molecule has 1 aliphatic rings. The molecule has 2 rings (SSSR count). The normalized spacial score (nSPS) is 19.7. The van der Waals surface area contributed by atoms with Crippen molar-refractivity contribution in [3.8, 4) is 11.5 Å². The number of hydrogen-bond acceptors (Lipinski definition) is 3. The average molecular weight is 475 g/mol. The predicted molar refractivity (Wildman–Crippen MR) is 145 cm³/mol. The molecule has 1 N–H and O–H groups in total. The maximum Gasteiger partial charge on any atom is 0.127 e. The van der Waals surface area contributed by atoms with Crippen molar-refractivity contribution in [1.82, 2.24) is 0 Å². The Morgan fingerprint density at radius 1 is 0.912 bits per heavy atom. The van der Waals surface area contributed by atoms with Crippen LogP contribution in [0.1, 0.15) is 128 Å². The monoisotopic (exact) mass is 474 g/mol. The summed E-state index contributed by atoms with van der Waals surface area (Å²) in [6.45, 7) is 19.0. The first-order valence-electron chi connectivity index (χ1n) is 14.2. The first-order valence-corrected chi connectivity index (χ1v) is 14.2. The van der Waals surface area contributed by atoms with Gasteiger partial charge in [-0.15, -0.1) is 0 Å². The molecule has 0 saturated heterocycles. The molecular weight excluding hydrogens is 420 g/mol. The molecule has 34 heavy (non-hydrogen) atoms. The summed E-state index contributed by atoms with van der Waals surface area (Å²) >= 11 is 0. The van der Waals surface area contributed by atoms with Crippen molar-refractivity contribution in [1.29, 1.82) is 0 Å². The maximum atomic E-state index is 10.7. The van der Waals surface area contributed by atoms with Crippen molar-refractivity contribution in [3.63, 3.8) is 0 Å². The SMILES string of the molecule is CCOCc1c(O)c(C)c(C)c2c1CCC(C)(CCCC(C)CCCC(C)CCCC(C)C)O2. The molecule has 1 aromatic carbocycles. The van der Waals surface area contributed by atoms with E-state index in [1.165, 1.54) is 51.4 Å². The molecule has 3 nitrogen and oxygen atoms in total. The maximum absolute atomic E-state index is 10.7. The fourth-order valence-corrected chi connectivity index (χ4v) is 5.51. The largest absolute Gasteiger partial charge is 0.507 e. The molecule has 0 spiro atoms.